The van der Waals surface area contributed by atoms with Gasteiger partial charge in [0.25, 0.3) is 0 Å². The van der Waals surface area contributed by atoms with E-state index in [9.17, 15) is 8.78 Å². The molecule has 3 heterocycles. The van der Waals surface area contributed by atoms with Crippen molar-refractivity contribution in [3.05, 3.63) is 113 Å². The van der Waals surface area contributed by atoms with Crippen LogP contribution in [-0.2, 0) is 0 Å². The van der Waals surface area contributed by atoms with Crippen LogP contribution in [0.15, 0.2) is 85.2 Å². The number of hydrogen-bond acceptors (Lipinski definition) is 2. The minimum atomic E-state index is -0.480. The fourth-order valence-corrected chi connectivity index (χ4v) is 4.56. The lowest BCUT2D eigenvalue weighted by molar-refractivity contribution is 0.549. The second-order valence-corrected chi connectivity index (χ2v) is 8.17. The summed E-state index contributed by atoms with van der Waals surface area (Å²) in [6.07, 6.45) is 3.62. The minimum Gasteiger partial charge on any atom is -0.351 e. The van der Waals surface area contributed by atoms with Gasteiger partial charge < -0.3 is 14.8 Å². The number of hydrogen-bond donors (Lipinski definition) is 1. The van der Waals surface area contributed by atoms with Gasteiger partial charge in [-0.05, 0) is 78.9 Å². The van der Waals surface area contributed by atoms with Crippen molar-refractivity contribution in [2.45, 2.75) is 12.1 Å². The molecule has 8 heteroatoms. The van der Waals surface area contributed by atoms with E-state index < -0.39 is 5.82 Å². The number of benzene rings is 2. The third-order valence-electron chi connectivity index (χ3n) is 5.47. The summed E-state index contributed by atoms with van der Waals surface area (Å²) < 4.78 is 29.3. The minimum absolute atomic E-state index is 0.0406. The molecule has 160 valence electrons. The molecule has 32 heavy (non-hydrogen) atoms. The largest absolute Gasteiger partial charge is 0.351 e. The predicted molar refractivity (Wildman–Crippen MR) is 125 cm³/mol. The fraction of sp³-hybridized carbons (Fsp3) is 0.0833. The molecule has 0 aliphatic carbocycles. The highest BCUT2D eigenvalue weighted by Crippen LogP contribution is 2.42. The summed E-state index contributed by atoms with van der Waals surface area (Å²) in [6, 6.07) is 19.8. The molecule has 0 saturated carbocycles. The Morgan fingerprint density at radius 1 is 0.938 bits per heavy atom. The van der Waals surface area contributed by atoms with E-state index in [0.717, 1.165) is 17.1 Å². The van der Waals surface area contributed by atoms with Crippen molar-refractivity contribution < 1.29 is 8.78 Å². The highest BCUT2D eigenvalue weighted by atomic mass is 35.5. The lowest BCUT2D eigenvalue weighted by Crippen LogP contribution is -2.30. The van der Waals surface area contributed by atoms with Crippen LogP contribution in [0.25, 0.3) is 5.69 Å². The molecule has 0 spiro atoms. The van der Waals surface area contributed by atoms with Gasteiger partial charge in [0, 0.05) is 29.5 Å². The normalized spacial score (nSPS) is 18.1. The highest BCUT2D eigenvalue weighted by Gasteiger charge is 2.42. The second kappa shape index (κ2) is 8.33. The first-order valence-electron chi connectivity index (χ1n) is 9.92. The van der Waals surface area contributed by atoms with Gasteiger partial charge in [0.2, 0.25) is 0 Å². The van der Waals surface area contributed by atoms with Crippen LogP contribution < -0.4 is 10.2 Å². The zero-order valence-electron chi connectivity index (χ0n) is 16.6. The summed E-state index contributed by atoms with van der Waals surface area (Å²) in [5.41, 5.74) is 3.17. The summed E-state index contributed by atoms with van der Waals surface area (Å²) in [5, 5.41) is 3.92. The Bertz CT molecular complexity index is 1280. The van der Waals surface area contributed by atoms with Gasteiger partial charge in [0.05, 0.1) is 16.8 Å². The summed E-state index contributed by atoms with van der Waals surface area (Å²) in [6.45, 7) is 0. The van der Waals surface area contributed by atoms with Crippen molar-refractivity contribution in [1.82, 2.24) is 14.9 Å². The molecule has 0 radical (unpaired) electrons. The molecule has 4 nitrogen and oxygen atoms in total. The Balaban J connectivity index is 1.67. The first-order valence-corrected chi connectivity index (χ1v) is 10.7. The van der Waals surface area contributed by atoms with E-state index >= 15 is 0 Å². The number of nitrogens with zero attached hydrogens (tertiary/aromatic N) is 3. The van der Waals surface area contributed by atoms with Crippen molar-refractivity contribution in [3.8, 4) is 5.69 Å². The maximum atomic E-state index is 13.8. The number of halogens is 3. The molecule has 1 N–H and O–H groups in total. The van der Waals surface area contributed by atoms with Crippen molar-refractivity contribution in [2.75, 3.05) is 4.90 Å². The molecule has 0 amide bonds. The monoisotopic (exact) mass is 466 g/mol. The molecule has 1 fully saturated rings. The summed E-state index contributed by atoms with van der Waals surface area (Å²) in [7, 11) is 0. The SMILES string of the molecule is Fc1ccc(N2C(=S)N[C@H](c3ccccn3)[C@@H]2c2cccn2-c2ccc(F)c(Cl)c2)cc1. The number of anilines is 1. The van der Waals surface area contributed by atoms with Gasteiger partial charge in [0.15, 0.2) is 5.11 Å². The zero-order valence-corrected chi connectivity index (χ0v) is 18.2. The standard InChI is InChI=1S/C24H17ClF2N4S/c25-18-14-17(10-11-19(18)27)30-13-3-5-21(30)23-22(20-4-1-2-12-28-20)29-24(32)31(23)16-8-6-15(26)7-9-16/h1-14,22-23H,(H,29,32)/t22-,23+/m1/s1. The van der Waals surface area contributed by atoms with E-state index in [0.29, 0.717) is 10.8 Å². The van der Waals surface area contributed by atoms with Gasteiger partial charge in [0.1, 0.15) is 17.7 Å². The third-order valence-corrected chi connectivity index (χ3v) is 6.07. The van der Waals surface area contributed by atoms with Crippen molar-refractivity contribution >= 4 is 34.6 Å². The Hall–Kier alpha value is -3.29. The molecule has 4 aromatic rings. The Labute approximate surface area is 194 Å². The first kappa shape index (κ1) is 20.6. The molecular weight excluding hydrogens is 450 g/mol. The van der Waals surface area contributed by atoms with Crippen LogP contribution in [0.1, 0.15) is 23.5 Å². The van der Waals surface area contributed by atoms with Gasteiger partial charge in [-0.25, -0.2) is 8.78 Å². The first-order chi connectivity index (χ1) is 15.5. The van der Waals surface area contributed by atoms with Crippen molar-refractivity contribution in [3.63, 3.8) is 0 Å². The number of thiocarbonyl (C=S) groups is 1. The summed E-state index contributed by atoms with van der Waals surface area (Å²) in [4.78, 5) is 6.49. The van der Waals surface area contributed by atoms with Crippen LogP contribution in [0.4, 0.5) is 14.5 Å². The average Bonchev–Trinajstić information content (AvgIpc) is 3.41. The van der Waals surface area contributed by atoms with Crippen molar-refractivity contribution in [1.29, 1.82) is 0 Å². The van der Waals surface area contributed by atoms with Crippen LogP contribution in [-0.4, -0.2) is 14.7 Å². The molecule has 0 bridgehead atoms. The van der Waals surface area contributed by atoms with E-state index in [2.05, 4.69) is 10.3 Å². The van der Waals surface area contributed by atoms with Crippen LogP contribution in [0.3, 0.4) is 0 Å². The van der Waals surface area contributed by atoms with Gasteiger partial charge in [-0.2, -0.15) is 0 Å². The summed E-state index contributed by atoms with van der Waals surface area (Å²) in [5.74, 6) is -0.805. The quantitative estimate of drug-likeness (QED) is 0.375. The van der Waals surface area contributed by atoms with Gasteiger partial charge in [-0.15, -0.1) is 0 Å². The van der Waals surface area contributed by atoms with E-state index in [-0.39, 0.29) is 22.9 Å². The molecule has 2 aromatic carbocycles. The van der Waals surface area contributed by atoms with Crippen LogP contribution in [0, 0.1) is 11.6 Å². The Kier molecular flexibility index (Phi) is 5.36. The molecule has 1 aliphatic rings. The molecule has 0 unspecified atom stereocenters. The average molecular weight is 467 g/mol. The zero-order chi connectivity index (χ0) is 22.2. The lowest BCUT2D eigenvalue weighted by Gasteiger charge is -2.29. The molecule has 1 saturated heterocycles. The van der Waals surface area contributed by atoms with Crippen LogP contribution >= 0.6 is 23.8 Å². The number of pyridine rings is 1. The topological polar surface area (TPSA) is 33.1 Å². The van der Waals surface area contributed by atoms with Crippen LogP contribution in [0.2, 0.25) is 5.02 Å². The third kappa shape index (κ3) is 3.63. The van der Waals surface area contributed by atoms with E-state index in [4.69, 9.17) is 23.8 Å². The second-order valence-electron chi connectivity index (χ2n) is 7.37. The highest BCUT2D eigenvalue weighted by molar-refractivity contribution is 7.80. The fourth-order valence-electron chi connectivity index (χ4n) is 4.04. The van der Waals surface area contributed by atoms with Gasteiger partial charge in [-0.3, -0.25) is 4.98 Å². The molecular formula is C24H17ClF2N4S. The smallest absolute Gasteiger partial charge is 0.174 e. The number of nitrogens with one attached hydrogen (secondary N) is 1. The van der Waals surface area contributed by atoms with Crippen molar-refractivity contribution in [2.24, 2.45) is 0 Å². The molecule has 5 rings (SSSR count). The Morgan fingerprint density at radius 3 is 2.44 bits per heavy atom. The van der Waals surface area contributed by atoms with Gasteiger partial charge in [-0.1, -0.05) is 17.7 Å². The maximum absolute atomic E-state index is 13.8. The Morgan fingerprint density at radius 2 is 1.72 bits per heavy atom. The number of rotatable bonds is 4. The maximum Gasteiger partial charge on any atom is 0.174 e. The van der Waals surface area contributed by atoms with Gasteiger partial charge >= 0.3 is 0 Å². The van der Waals surface area contributed by atoms with E-state index in [1.54, 1.807) is 30.5 Å². The molecule has 2 aromatic heterocycles. The van der Waals surface area contributed by atoms with E-state index in [1.165, 1.54) is 18.2 Å². The molecule has 1 aliphatic heterocycles. The predicted octanol–water partition coefficient (Wildman–Crippen LogP) is 5.98. The van der Waals surface area contributed by atoms with E-state index in [1.807, 2.05) is 46.0 Å². The van der Waals surface area contributed by atoms with Crippen LogP contribution in [0.5, 0.6) is 0 Å². The summed E-state index contributed by atoms with van der Waals surface area (Å²) >= 11 is 11.7. The lowest BCUT2D eigenvalue weighted by atomic mass is 10.0. The number of aromatic nitrogens is 2. The molecule has 2 atom stereocenters.